The molecule has 1 aliphatic carbocycles. The molecular weight excluding hydrogens is 623 g/mol. The van der Waals surface area contributed by atoms with E-state index in [4.69, 9.17) is 14.3 Å². The number of guanidine groups is 1. The Bertz CT molecular complexity index is 1530. The number of alkyl halides is 3. The topological polar surface area (TPSA) is 139 Å². The Kier molecular flexibility index (Phi) is 9.75. The third-order valence-corrected chi connectivity index (χ3v) is 7.73. The minimum absolute atomic E-state index is 0.00964. The number of ether oxygens (including phenoxy) is 2. The number of amides is 4. The van der Waals surface area contributed by atoms with Crippen LogP contribution in [0.15, 0.2) is 47.5 Å². The van der Waals surface area contributed by atoms with Crippen LogP contribution in [0.1, 0.15) is 78.3 Å². The van der Waals surface area contributed by atoms with Crippen molar-refractivity contribution in [3.63, 3.8) is 0 Å². The van der Waals surface area contributed by atoms with Crippen molar-refractivity contribution in [1.82, 2.24) is 20.6 Å². The maximum Gasteiger partial charge on any atom is 0.471 e. The van der Waals surface area contributed by atoms with Gasteiger partial charge in [0.15, 0.2) is 0 Å². The molecule has 15 heteroatoms. The van der Waals surface area contributed by atoms with Gasteiger partial charge in [-0.15, -0.1) is 5.06 Å². The van der Waals surface area contributed by atoms with Crippen molar-refractivity contribution in [2.24, 2.45) is 4.99 Å². The number of fused-ring (bicyclic) bond motifs is 2. The smallest absolute Gasteiger partial charge is 0.471 e. The van der Waals surface area contributed by atoms with Gasteiger partial charge in [-0.2, -0.15) is 13.2 Å². The van der Waals surface area contributed by atoms with E-state index in [1.54, 1.807) is 68.1 Å². The van der Waals surface area contributed by atoms with Gasteiger partial charge in [-0.1, -0.05) is 18.2 Å². The van der Waals surface area contributed by atoms with Crippen LogP contribution >= 0.6 is 0 Å². The van der Waals surface area contributed by atoms with E-state index in [1.807, 2.05) is 5.32 Å². The molecule has 0 unspecified atom stereocenters. The number of hydrogen-bond acceptors (Lipinski definition) is 8. The zero-order valence-corrected chi connectivity index (χ0v) is 26.2. The number of imide groups is 1. The van der Waals surface area contributed by atoms with Crippen molar-refractivity contribution >= 4 is 29.8 Å². The number of rotatable bonds is 7. The van der Waals surface area contributed by atoms with Crippen molar-refractivity contribution in [2.45, 2.75) is 83.4 Å². The van der Waals surface area contributed by atoms with Gasteiger partial charge in [-0.3, -0.25) is 24.5 Å². The van der Waals surface area contributed by atoms with Crippen molar-refractivity contribution < 1.29 is 46.7 Å². The first-order valence-electron chi connectivity index (χ1n) is 15.2. The molecule has 0 bridgehead atoms. The number of nitrogens with one attached hydrogen (secondary N) is 2. The van der Waals surface area contributed by atoms with Gasteiger partial charge < -0.3 is 19.7 Å². The fourth-order valence-electron chi connectivity index (χ4n) is 5.54. The van der Waals surface area contributed by atoms with Crippen LogP contribution in [0.5, 0.6) is 5.75 Å². The minimum atomic E-state index is -5.10. The van der Waals surface area contributed by atoms with E-state index < -0.39 is 35.6 Å². The predicted molar refractivity (Wildman–Crippen MR) is 161 cm³/mol. The molecule has 5 rings (SSSR count). The third-order valence-electron chi connectivity index (χ3n) is 7.73. The summed E-state index contributed by atoms with van der Waals surface area (Å²) in [6.07, 6.45) is -3.55. The minimum Gasteiger partial charge on any atom is -0.491 e. The number of carbonyl (C=O) groups is 4. The molecule has 3 aliphatic rings. The summed E-state index contributed by atoms with van der Waals surface area (Å²) in [6.45, 7) is 5.59. The Morgan fingerprint density at radius 2 is 1.55 bits per heavy atom. The highest BCUT2D eigenvalue weighted by Gasteiger charge is 2.41. The zero-order chi connectivity index (χ0) is 33.9. The van der Waals surface area contributed by atoms with Gasteiger partial charge in [-0.25, -0.2) is 9.79 Å². The maximum atomic E-state index is 13.2. The first-order valence-corrected chi connectivity index (χ1v) is 15.2. The second-order valence-corrected chi connectivity index (χ2v) is 12.5. The van der Waals surface area contributed by atoms with Crippen molar-refractivity contribution in [2.75, 3.05) is 13.2 Å². The van der Waals surface area contributed by atoms with Gasteiger partial charge in [0.2, 0.25) is 5.96 Å². The molecule has 2 N–H and O–H groups in total. The normalized spacial score (nSPS) is 19.7. The van der Waals surface area contributed by atoms with E-state index in [0.717, 1.165) is 11.1 Å². The summed E-state index contributed by atoms with van der Waals surface area (Å²) >= 11 is 0. The maximum absolute atomic E-state index is 13.2. The quantitative estimate of drug-likeness (QED) is 0.192. The molecule has 1 saturated carbocycles. The van der Waals surface area contributed by atoms with Crippen LogP contribution in [0.3, 0.4) is 0 Å². The lowest BCUT2D eigenvalue weighted by atomic mass is 9.91. The lowest BCUT2D eigenvalue weighted by Crippen LogP contribution is -2.48. The summed E-state index contributed by atoms with van der Waals surface area (Å²) in [5.74, 6) is -2.95. The van der Waals surface area contributed by atoms with Crippen LogP contribution in [0, 0.1) is 0 Å². The number of alkyl carbamates (subject to hydrolysis) is 1. The molecule has 2 aliphatic heterocycles. The van der Waals surface area contributed by atoms with Crippen LogP contribution in [0.25, 0.3) is 0 Å². The van der Waals surface area contributed by atoms with E-state index in [2.05, 4.69) is 10.3 Å². The number of hydrogen-bond donors (Lipinski definition) is 2. The molecule has 2 heterocycles. The Balaban J connectivity index is 1.17. The summed E-state index contributed by atoms with van der Waals surface area (Å²) in [5, 5.41) is 5.49. The number of nitrogens with zero attached hydrogens (tertiary/aromatic N) is 3. The highest BCUT2D eigenvalue weighted by molar-refractivity contribution is 6.20. The van der Waals surface area contributed by atoms with Crippen molar-refractivity contribution in [3.05, 3.63) is 64.7 Å². The highest BCUT2D eigenvalue weighted by atomic mass is 19.4. The number of hydroxylamine groups is 2. The van der Waals surface area contributed by atoms with Gasteiger partial charge in [0.05, 0.1) is 17.2 Å². The van der Waals surface area contributed by atoms with Gasteiger partial charge in [0.25, 0.3) is 11.8 Å². The van der Waals surface area contributed by atoms with Crippen molar-refractivity contribution in [3.8, 4) is 5.75 Å². The molecule has 47 heavy (non-hydrogen) atoms. The summed E-state index contributed by atoms with van der Waals surface area (Å²) < 4.78 is 50.8. The number of aliphatic imine (C=N–C) groups is 1. The number of benzene rings is 2. The van der Waals surface area contributed by atoms with Crippen LogP contribution in [0.2, 0.25) is 0 Å². The number of halogens is 3. The van der Waals surface area contributed by atoms with E-state index in [0.29, 0.717) is 36.5 Å². The lowest BCUT2D eigenvalue weighted by molar-refractivity contribution is -0.172. The third kappa shape index (κ3) is 8.39. The average Bonchev–Trinajstić information content (AvgIpc) is 3.53. The Labute approximate surface area is 269 Å². The molecule has 0 atom stereocenters. The molecule has 4 amide bonds. The van der Waals surface area contributed by atoms with Crippen LogP contribution in [-0.2, 0) is 27.5 Å². The van der Waals surface area contributed by atoms with Gasteiger partial charge >= 0.3 is 18.2 Å². The second-order valence-electron chi connectivity index (χ2n) is 12.5. The zero-order valence-electron chi connectivity index (χ0n) is 26.2. The van der Waals surface area contributed by atoms with E-state index >= 15 is 0 Å². The van der Waals surface area contributed by atoms with Gasteiger partial charge in [0.1, 0.15) is 24.6 Å². The van der Waals surface area contributed by atoms with E-state index in [-0.39, 0.29) is 55.5 Å². The van der Waals surface area contributed by atoms with E-state index in [9.17, 15) is 32.3 Å². The summed E-state index contributed by atoms with van der Waals surface area (Å²) in [5.41, 5.74) is 1.47. The predicted octanol–water partition coefficient (Wildman–Crippen LogP) is 4.48. The first kappa shape index (κ1) is 33.7. The summed E-state index contributed by atoms with van der Waals surface area (Å²) in [6, 6.07) is 11.1. The standard InChI is InChI=1S/C32H36F3N5O7/c1-31(2,3)47-30(44)37-22-11-9-21(10-12-22)36-29(38-28(43)32(33,34)35)39-17-19-8-13-23(16-20(19)18-39)45-14-15-46-40-26(41)24-6-4-5-7-25(24)27(40)42/h4-8,13,16,21-22H,9-12,14-15,17-18H2,1-3H3,(H,37,44)(H,36,38,43). The van der Waals surface area contributed by atoms with Crippen molar-refractivity contribution in [1.29, 1.82) is 0 Å². The molecule has 252 valence electrons. The van der Waals surface area contributed by atoms with Gasteiger partial charge in [0, 0.05) is 19.1 Å². The molecule has 12 nitrogen and oxygen atoms in total. The Morgan fingerprint density at radius 1 is 0.915 bits per heavy atom. The molecule has 2 aromatic rings. The van der Waals surface area contributed by atoms with Crippen LogP contribution in [-0.4, -0.2) is 76.8 Å². The molecule has 1 fully saturated rings. The first-order chi connectivity index (χ1) is 22.2. The molecule has 0 spiro atoms. The molecule has 0 radical (unpaired) electrons. The molecule has 2 aromatic carbocycles. The molecular formula is C32H36F3N5O7. The van der Waals surface area contributed by atoms with Crippen LogP contribution < -0.4 is 15.4 Å². The average molecular weight is 660 g/mol. The highest BCUT2D eigenvalue weighted by Crippen LogP contribution is 2.29. The summed E-state index contributed by atoms with van der Waals surface area (Å²) in [7, 11) is 0. The van der Waals surface area contributed by atoms with Gasteiger partial charge in [-0.05, 0) is 81.8 Å². The van der Waals surface area contributed by atoms with Crippen LogP contribution in [0.4, 0.5) is 18.0 Å². The molecule has 0 saturated heterocycles. The van der Waals surface area contributed by atoms with E-state index in [1.165, 1.54) is 0 Å². The fraction of sp³-hybridized carbons (Fsp3) is 0.469. The molecule has 0 aromatic heterocycles. The number of carbonyl (C=O) groups excluding carboxylic acids is 4. The lowest BCUT2D eigenvalue weighted by Gasteiger charge is -2.30. The second kappa shape index (κ2) is 13.6. The Morgan fingerprint density at radius 3 is 2.17 bits per heavy atom. The largest absolute Gasteiger partial charge is 0.491 e. The summed E-state index contributed by atoms with van der Waals surface area (Å²) in [4.78, 5) is 60.5. The fourth-order valence-corrected chi connectivity index (χ4v) is 5.54. The Hall–Kier alpha value is -4.66. The SMILES string of the molecule is CC(C)(C)OC(=O)NC1CCC(N=C(NC(=O)C(F)(F)F)N2Cc3ccc(OCCON4C(=O)c5ccccc5C4=O)cc3C2)CC1. The monoisotopic (exact) mass is 659 g/mol.